The van der Waals surface area contributed by atoms with Crippen molar-refractivity contribution in [2.24, 2.45) is 11.3 Å². The van der Waals surface area contributed by atoms with Gasteiger partial charge in [-0.2, -0.15) is 0 Å². The molecule has 3 aromatic rings. The summed E-state index contributed by atoms with van der Waals surface area (Å²) in [5.41, 5.74) is 9.05. The van der Waals surface area contributed by atoms with Crippen molar-refractivity contribution >= 4 is 27.5 Å². The molecule has 0 saturated carbocycles. The van der Waals surface area contributed by atoms with Crippen molar-refractivity contribution in [1.29, 1.82) is 0 Å². The highest BCUT2D eigenvalue weighted by Crippen LogP contribution is 2.42. The predicted octanol–water partition coefficient (Wildman–Crippen LogP) is 5.05. The van der Waals surface area contributed by atoms with Crippen molar-refractivity contribution in [3.05, 3.63) is 63.4 Å². The molecule has 0 unspecified atom stereocenters. The van der Waals surface area contributed by atoms with Crippen molar-refractivity contribution in [2.75, 3.05) is 5.43 Å². The molecule has 1 aromatic carbocycles. The van der Waals surface area contributed by atoms with E-state index < -0.39 is 0 Å². The molecule has 0 aliphatic heterocycles. The average Bonchev–Trinajstić information content (AvgIpc) is 3.04. The number of allylic oxidation sites excluding steroid dienone is 1. The maximum atomic E-state index is 13.6. The molecule has 0 amide bonds. The van der Waals surface area contributed by atoms with Gasteiger partial charge in [0.15, 0.2) is 0 Å². The van der Waals surface area contributed by atoms with E-state index in [1.54, 1.807) is 15.9 Å². The fraction of sp³-hybridized carbons (Fsp3) is 0.391. The summed E-state index contributed by atoms with van der Waals surface area (Å²) in [7, 11) is 0. The summed E-state index contributed by atoms with van der Waals surface area (Å²) < 4.78 is 1.65. The number of anilines is 1. The number of hydrogen-bond donors (Lipinski definition) is 2. The molecular weight excluding hydrogens is 380 g/mol. The Morgan fingerprint density at radius 1 is 1.28 bits per heavy atom. The van der Waals surface area contributed by atoms with Gasteiger partial charge in [0.2, 0.25) is 5.95 Å². The number of para-hydroxylation sites is 1. The first-order chi connectivity index (χ1) is 13.8. The molecule has 1 aliphatic rings. The third-order valence-electron chi connectivity index (χ3n) is 5.71. The smallest absolute Gasteiger partial charge is 0.268 e. The van der Waals surface area contributed by atoms with E-state index in [9.17, 15) is 4.79 Å². The Labute approximate surface area is 175 Å². The molecule has 0 radical (unpaired) electrons. The predicted molar refractivity (Wildman–Crippen MR) is 122 cm³/mol. The lowest BCUT2D eigenvalue weighted by Gasteiger charge is -2.33. The molecule has 152 valence electrons. The largest absolute Gasteiger partial charge is 0.303 e. The summed E-state index contributed by atoms with van der Waals surface area (Å²) in [5, 5.41) is 0.780. The van der Waals surface area contributed by atoms with Crippen LogP contribution >= 0.6 is 11.3 Å². The van der Waals surface area contributed by atoms with Gasteiger partial charge in [-0.1, -0.05) is 45.5 Å². The van der Waals surface area contributed by atoms with Crippen molar-refractivity contribution in [2.45, 2.75) is 47.0 Å². The zero-order valence-electron chi connectivity index (χ0n) is 17.5. The Kier molecular flexibility index (Phi) is 4.99. The van der Waals surface area contributed by atoms with E-state index in [1.165, 1.54) is 10.4 Å². The summed E-state index contributed by atoms with van der Waals surface area (Å²) in [5.74, 6) is 1.10. The molecule has 6 heteroatoms. The lowest BCUT2D eigenvalue weighted by Crippen LogP contribution is -2.29. The number of hydrazine groups is 1. The van der Waals surface area contributed by atoms with E-state index in [4.69, 9.17) is 4.98 Å². The van der Waals surface area contributed by atoms with Gasteiger partial charge in [-0.3, -0.25) is 10.2 Å². The third-order valence-corrected chi connectivity index (χ3v) is 6.86. The van der Waals surface area contributed by atoms with Gasteiger partial charge in [-0.25, -0.2) is 9.55 Å². The summed E-state index contributed by atoms with van der Waals surface area (Å²) in [6, 6.07) is 9.65. The highest BCUT2D eigenvalue weighted by molar-refractivity contribution is 7.18. The molecule has 4 rings (SSSR count). The number of aromatic nitrogens is 2. The monoisotopic (exact) mass is 408 g/mol. The Balaban J connectivity index is 1.90. The molecule has 0 fully saturated rings. The van der Waals surface area contributed by atoms with Crippen LogP contribution in [0.25, 0.3) is 15.9 Å². The topological polar surface area (TPSA) is 59.0 Å². The van der Waals surface area contributed by atoms with Crippen LogP contribution in [0.15, 0.2) is 47.4 Å². The summed E-state index contributed by atoms with van der Waals surface area (Å²) in [6.07, 6.45) is 3.08. The number of nitrogens with one attached hydrogen (secondary N) is 2. The second kappa shape index (κ2) is 7.34. The number of benzene rings is 1. The van der Waals surface area contributed by atoms with Crippen molar-refractivity contribution in [3.63, 3.8) is 0 Å². The second-order valence-electron chi connectivity index (χ2n) is 8.93. The van der Waals surface area contributed by atoms with E-state index in [2.05, 4.69) is 38.2 Å². The van der Waals surface area contributed by atoms with E-state index in [1.807, 2.05) is 37.3 Å². The zero-order chi connectivity index (χ0) is 20.8. The minimum absolute atomic E-state index is 0.0149. The van der Waals surface area contributed by atoms with Crippen LogP contribution in [0.3, 0.4) is 0 Å². The first-order valence-electron chi connectivity index (χ1n) is 10.1. The maximum absolute atomic E-state index is 13.6. The number of fused-ring (bicyclic) bond motifs is 3. The van der Waals surface area contributed by atoms with Gasteiger partial charge < -0.3 is 5.43 Å². The van der Waals surface area contributed by atoms with Gasteiger partial charge >= 0.3 is 0 Å². The lowest BCUT2D eigenvalue weighted by molar-refractivity contribution is 0.218. The summed E-state index contributed by atoms with van der Waals surface area (Å²) in [6.45, 7) is 12.6. The van der Waals surface area contributed by atoms with E-state index in [-0.39, 0.29) is 11.0 Å². The normalized spacial score (nSPS) is 16.5. The Morgan fingerprint density at radius 2 is 2.00 bits per heavy atom. The molecule has 0 saturated heterocycles. The van der Waals surface area contributed by atoms with Crippen LogP contribution in [0, 0.1) is 11.3 Å². The highest BCUT2D eigenvalue weighted by Gasteiger charge is 2.32. The second-order valence-corrected chi connectivity index (χ2v) is 10.0. The first kappa shape index (κ1) is 19.7. The Bertz CT molecular complexity index is 1120. The van der Waals surface area contributed by atoms with Crippen LogP contribution in [0.2, 0.25) is 0 Å². The summed E-state index contributed by atoms with van der Waals surface area (Å²) >= 11 is 1.67. The fourth-order valence-corrected chi connectivity index (χ4v) is 5.32. The molecule has 2 aromatic heterocycles. The zero-order valence-corrected chi connectivity index (χ0v) is 18.3. The molecule has 29 heavy (non-hydrogen) atoms. The lowest BCUT2D eigenvalue weighted by atomic mass is 9.72. The minimum atomic E-state index is -0.0149. The van der Waals surface area contributed by atoms with Crippen molar-refractivity contribution < 1.29 is 0 Å². The molecular formula is C23H28N4OS. The molecule has 0 spiro atoms. The summed E-state index contributed by atoms with van der Waals surface area (Å²) in [4.78, 5) is 20.6. The van der Waals surface area contributed by atoms with Crippen molar-refractivity contribution in [1.82, 2.24) is 15.0 Å². The number of thiophene rings is 1. The molecule has 5 nitrogen and oxygen atoms in total. The SMILES string of the molecule is C=C(C)NNc1nc2sc3c(c2c(=O)n1-c1ccccc1)CC[C@@H](C(C)(C)C)C3. The van der Waals surface area contributed by atoms with Crippen LogP contribution in [-0.4, -0.2) is 9.55 Å². The average molecular weight is 409 g/mol. The first-order valence-corrected chi connectivity index (χ1v) is 10.9. The van der Waals surface area contributed by atoms with E-state index in [0.29, 0.717) is 11.9 Å². The number of rotatable bonds is 4. The number of hydrogen-bond acceptors (Lipinski definition) is 5. The molecule has 2 N–H and O–H groups in total. The molecule has 1 atom stereocenters. The van der Waals surface area contributed by atoms with E-state index in [0.717, 1.165) is 40.9 Å². The van der Waals surface area contributed by atoms with Crippen molar-refractivity contribution in [3.8, 4) is 5.69 Å². The minimum Gasteiger partial charge on any atom is -0.303 e. The third kappa shape index (κ3) is 3.69. The highest BCUT2D eigenvalue weighted by atomic mass is 32.1. The van der Waals surface area contributed by atoms with Crippen LogP contribution in [0.4, 0.5) is 5.95 Å². The van der Waals surface area contributed by atoms with Gasteiger partial charge in [0.05, 0.1) is 11.1 Å². The Hall–Kier alpha value is -2.60. The van der Waals surface area contributed by atoms with Crippen LogP contribution in [-0.2, 0) is 12.8 Å². The molecule has 0 bridgehead atoms. The number of nitrogens with zero attached hydrogens (tertiary/aromatic N) is 2. The molecule has 1 aliphatic carbocycles. The Morgan fingerprint density at radius 3 is 2.66 bits per heavy atom. The fourth-order valence-electron chi connectivity index (χ4n) is 4.03. The van der Waals surface area contributed by atoms with Gasteiger partial charge in [-0.15, -0.1) is 11.3 Å². The quantitative estimate of drug-likeness (QED) is 0.593. The van der Waals surface area contributed by atoms with Crippen LogP contribution < -0.4 is 16.4 Å². The number of aryl methyl sites for hydroxylation is 1. The van der Waals surface area contributed by atoms with Gasteiger partial charge in [0.1, 0.15) is 4.83 Å². The standard InChI is InChI=1S/C23H28N4OS/c1-14(2)25-26-22-24-20-19(21(28)27(22)16-9-7-6-8-10-16)17-12-11-15(23(3,4)5)13-18(17)29-20/h6-10,15,25H,1,11-13H2,2-5H3,(H,24,26)/t15-/m1/s1. The van der Waals surface area contributed by atoms with Gasteiger partial charge in [0, 0.05) is 10.6 Å². The maximum Gasteiger partial charge on any atom is 0.268 e. The van der Waals surface area contributed by atoms with E-state index >= 15 is 0 Å². The molecule has 2 heterocycles. The van der Waals surface area contributed by atoms with Gasteiger partial charge in [0.25, 0.3) is 5.56 Å². The van der Waals surface area contributed by atoms with Crippen LogP contribution in [0.1, 0.15) is 44.6 Å². The van der Waals surface area contributed by atoms with Crippen LogP contribution in [0.5, 0.6) is 0 Å². The van der Waals surface area contributed by atoms with Gasteiger partial charge in [-0.05, 0) is 55.2 Å².